The van der Waals surface area contributed by atoms with E-state index in [1.165, 1.54) is 4.31 Å². The maximum absolute atomic E-state index is 12.8. The highest BCUT2D eigenvalue weighted by Crippen LogP contribution is 2.20. The first-order valence-corrected chi connectivity index (χ1v) is 11.8. The third-order valence-electron chi connectivity index (χ3n) is 5.17. The predicted octanol–water partition coefficient (Wildman–Crippen LogP) is 2.25. The molecule has 10 heteroatoms. The zero-order chi connectivity index (χ0) is 22.3. The Kier molecular flexibility index (Phi) is 9.77. The van der Waals surface area contributed by atoms with Crippen LogP contribution in [0.5, 0.6) is 11.5 Å². The fourth-order valence-electron chi connectivity index (χ4n) is 3.39. The van der Waals surface area contributed by atoms with E-state index in [4.69, 9.17) is 9.47 Å². The van der Waals surface area contributed by atoms with Gasteiger partial charge in [0.05, 0.1) is 18.6 Å². The van der Waals surface area contributed by atoms with Crippen LogP contribution in [-0.2, 0) is 10.0 Å². The molecule has 1 saturated heterocycles. The molecule has 1 fully saturated rings. The summed E-state index contributed by atoms with van der Waals surface area (Å²) in [5, 5.41) is 2.91. The van der Waals surface area contributed by atoms with E-state index >= 15 is 0 Å². The van der Waals surface area contributed by atoms with Crippen LogP contribution in [-0.4, -0.2) is 76.5 Å². The molecule has 2 aromatic carbocycles. The monoisotopic (exact) mass is 483 g/mol. The third kappa shape index (κ3) is 6.59. The van der Waals surface area contributed by atoms with Crippen molar-refractivity contribution in [2.24, 2.45) is 0 Å². The molecule has 0 radical (unpaired) electrons. The van der Waals surface area contributed by atoms with E-state index in [9.17, 15) is 13.2 Å². The Labute approximate surface area is 196 Å². The number of hydrogen-bond acceptors (Lipinski definition) is 6. The lowest BCUT2D eigenvalue weighted by molar-refractivity contribution is 0.0945. The molecule has 1 aliphatic heterocycles. The molecule has 8 nitrogen and oxygen atoms in total. The molecule has 3 rings (SSSR count). The smallest absolute Gasteiger partial charge is 0.251 e. The number of halogens is 1. The van der Waals surface area contributed by atoms with E-state index in [2.05, 4.69) is 10.2 Å². The van der Waals surface area contributed by atoms with Crippen LogP contribution in [0.25, 0.3) is 0 Å². The third-order valence-corrected chi connectivity index (χ3v) is 7.08. The Bertz CT molecular complexity index is 960. The van der Waals surface area contributed by atoms with Gasteiger partial charge in [0.25, 0.3) is 5.91 Å². The summed E-state index contributed by atoms with van der Waals surface area (Å²) in [5.74, 6) is 1.22. The van der Waals surface area contributed by atoms with Gasteiger partial charge in [-0.3, -0.25) is 9.69 Å². The minimum Gasteiger partial charge on any atom is -0.497 e. The number of hydrogen-bond donors (Lipinski definition) is 1. The number of rotatable bonds is 9. The van der Waals surface area contributed by atoms with E-state index in [-0.39, 0.29) is 23.2 Å². The van der Waals surface area contributed by atoms with Gasteiger partial charge in [0.15, 0.2) is 0 Å². The van der Waals surface area contributed by atoms with E-state index in [0.29, 0.717) is 57.2 Å². The normalized spacial score (nSPS) is 14.9. The Hall–Kier alpha value is -2.33. The first-order valence-electron chi connectivity index (χ1n) is 10.3. The van der Waals surface area contributed by atoms with Gasteiger partial charge in [-0.1, -0.05) is 0 Å². The van der Waals surface area contributed by atoms with Crippen LogP contribution in [0.15, 0.2) is 53.4 Å². The highest BCUT2D eigenvalue weighted by Gasteiger charge is 2.28. The number of benzene rings is 2. The van der Waals surface area contributed by atoms with Crippen molar-refractivity contribution >= 4 is 28.3 Å². The molecule has 1 heterocycles. The van der Waals surface area contributed by atoms with Gasteiger partial charge >= 0.3 is 0 Å². The van der Waals surface area contributed by atoms with Crippen molar-refractivity contribution in [2.45, 2.75) is 11.8 Å². The van der Waals surface area contributed by atoms with Crippen molar-refractivity contribution in [1.82, 2.24) is 14.5 Å². The molecule has 0 bridgehead atoms. The van der Waals surface area contributed by atoms with Gasteiger partial charge in [0.2, 0.25) is 10.0 Å². The first kappa shape index (κ1) is 25.9. The number of amides is 1. The maximum atomic E-state index is 12.8. The fourth-order valence-corrected chi connectivity index (χ4v) is 4.81. The molecule has 1 amide bonds. The Morgan fingerprint density at radius 1 is 0.969 bits per heavy atom. The van der Waals surface area contributed by atoms with Crippen LogP contribution in [0.3, 0.4) is 0 Å². The lowest BCUT2D eigenvalue weighted by Gasteiger charge is -2.34. The summed E-state index contributed by atoms with van der Waals surface area (Å²) in [4.78, 5) is 14.7. The second-order valence-corrected chi connectivity index (χ2v) is 9.07. The summed E-state index contributed by atoms with van der Waals surface area (Å²) in [5.41, 5.74) is 0.582. The van der Waals surface area contributed by atoms with Gasteiger partial charge < -0.3 is 14.8 Å². The Morgan fingerprint density at radius 2 is 1.56 bits per heavy atom. The Morgan fingerprint density at radius 3 is 2.12 bits per heavy atom. The first-order chi connectivity index (χ1) is 14.9. The topological polar surface area (TPSA) is 88.2 Å². The molecule has 0 aromatic heterocycles. The quantitative estimate of drug-likeness (QED) is 0.588. The van der Waals surface area contributed by atoms with Gasteiger partial charge in [-0.2, -0.15) is 4.31 Å². The average molecular weight is 484 g/mol. The van der Waals surface area contributed by atoms with E-state index in [1.54, 1.807) is 55.6 Å². The predicted molar refractivity (Wildman–Crippen MR) is 125 cm³/mol. The molecule has 0 unspecified atom stereocenters. The fraction of sp³-hybridized carbons (Fsp3) is 0.409. The summed E-state index contributed by atoms with van der Waals surface area (Å²) < 4.78 is 37.6. The molecule has 2 aromatic rings. The van der Waals surface area contributed by atoms with Crippen molar-refractivity contribution < 1.29 is 22.7 Å². The summed E-state index contributed by atoms with van der Waals surface area (Å²) in [7, 11) is -1.97. The lowest BCUT2D eigenvalue weighted by atomic mass is 10.2. The molecular weight excluding hydrogens is 454 g/mol. The van der Waals surface area contributed by atoms with E-state index in [1.807, 2.05) is 6.92 Å². The summed E-state index contributed by atoms with van der Waals surface area (Å²) >= 11 is 0. The van der Waals surface area contributed by atoms with Crippen LogP contribution >= 0.6 is 12.4 Å². The van der Waals surface area contributed by atoms with E-state index < -0.39 is 10.0 Å². The standard InChI is InChI=1S/C22H29N3O5S.ClH/c1-3-30-20-6-4-18(5-7-20)22(26)23-12-13-24-14-16-25(17-15-24)31(27,28)21-10-8-19(29-2)9-11-21;/h4-11H,3,12-17H2,1-2H3,(H,23,26);1H. The van der Waals surface area contributed by atoms with E-state index in [0.717, 1.165) is 5.75 Å². The molecule has 0 atom stereocenters. The molecule has 1 N–H and O–H groups in total. The van der Waals surface area contributed by atoms with Crippen molar-refractivity contribution in [3.05, 3.63) is 54.1 Å². The SMILES string of the molecule is CCOc1ccc(C(=O)NCCN2CCN(S(=O)(=O)c3ccc(OC)cc3)CC2)cc1.Cl. The van der Waals surface area contributed by atoms with Crippen LogP contribution < -0.4 is 14.8 Å². The molecule has 32 heavy (non-hydrogen) atoms. The van der Waals surface area contributed by atoms with Crippen LogP contribution in [0.1, 0.15) is 17.3 Å². The number of piperazine rings is 1. The number of nitrogens with one attached hydrogen (secondary N) is 1. The van der Waals surface area contributed by atoms with Crippen LogP contribution in [0, 0.1) is 0 Å². The van der Waals surface area contributed by atoms with Crippen molar-refractivity contribution in [3.8, 4) is 11.5 Å². The molecule has 0 spiro atoms. The number of sulfonamides is 1. The zero-order valence-electron chi connectivity index (χ0n) is 18.3. The van der Waals surface area contributed by atoms with Crippen LogP contribution in [0.4, 0.5) is 0 Å². The zero-order valence-corrected chi connectivity index (χ0v) is 20.0. The number of ether oxygens (including phenoxy) is 2. The summed E-state index contributed by atoms with van der Waals surface area (Å²) in [6.07, 6.45) is 0. The van der Waals surface area contributed by atoms with Gasteiger partial charge in [0.1, 0.15) is 11.5 Å². The second-order valence-electron chi connectivity index (χ2n) is 7.13. The summed E-state index contributed by atoms with van der Waals surface area (Å²) in [6.45, 7) is 5.73. The average Bonchev–Trinajstić information content (AvgIpc) is 2.80. The summed E-state index contributed by atoms with van der Waals surface area (Å²) in [6, 6.07) is 13.5. The van der Waals surface area contributed by atoms with Gasteiger partial charge in [0, 0.05) is 44.8 Å². The highest BCUT2D eigenvalue weighted by atomic mass is 35.5. The minimum atomic E-state index is -3.52. The van der Waals surface area contributed by atoms with Gasteiger partial charge in [-0.15, -0.1) is 12.4 Å². The number of carbonyl (C=O) groups is 1. The maximum Gasteiger partial charge on any atom is 0.251 e. The number of nitrogens with zero attached hydrogens (tertiary/aromatic N) is 2. The highest BCUT2D eigenvalue weighted by molar-refractivity contribution is 7.89. The molecular formula is C22H30ClN3O5S. The largest absolute Gasteiger partial charge is 0.497 e. The molecule has 0 aliphatic carbocycles. The number of methoxy groups -OCH3 is 1. The molecule has 0 saturated carbocycles. The van der Waals surface area contributed by atoms with Crippen molar-refractivity contribution in [1.29, 1.82) is 0 Å². The van der Waals surface area contributed by atoms with Crippen LogP contribution in [0.2, 0.25) is 0 Å². The molecule has 176 valence electrons. The molecule has 1 aliphatic rings. The van der Waals surface area contributed by atoms with Gasteiger partial charge in [-0.05, 0) is 55.5 Å². The second kappa shape index (κ2) is 12.1. The van der Waals surface area contributed by atoms with Crippen molar-refractivity contribution in [3.63, 3.8) is 0 Å². The lowest BCUT2D eigenvalue weighted by Crippen LogP contribution is -2.50. The van der Waals surface area contributed by atoms with Gasteiger partial charge in [-0.25, -0.2) is 8.42 Å². The minimum absolute atomic E-state index is 0. The number of carbonyl (C=O) groups excluding carboxylic acids is 1. The van der Waals surface area contributed by atoms with Crippen molar-refractivity contribution in [2.75, 3.05) is 53.0 Å². The Balaban J connectivity index is 0.00000363.